The summed E-state index contributed by atoms with van der Waals surface area (Å²) < 4.78 is 38.4. The number of ether oxygens (including phenoxy) is 2. The molecule has 0 saturated heterocycles. The maximum Gasteiger partial charge on any atom is 0.264 e. The van der Waals surface area contributed by atoms with Gasteiger partial charge in [-0.1, -0.05) is 29.8 Å². The predicted molar refractivity (Wildman–Crippen MR) is 137 cm³/mol. The van der Waals surface area contributed by atoms with Crippen LogP contribution in [0.2, 0.25) is 5.02 Å². The van der Waals surface area contributed by atoms with Crippen molar-refractivity contribution in [2.24, 2.45) is 5.10 Å². The predicted octanol–water partition coefficient (Wildman–Crippen LogP) is 4.48. The molecule has 0 aliphatic rings. The Morgan fingerprint density at radius 3 is 2.34 bits per heavy atom. The maximum atomic E-state index is 13.4. The van der Waals surface area contributed by atoms with Gasteiger partial charge in [-0.15, -0.1) is 0 Å². The van der Waals surface area contributed by atoms with Gasteiger partial charge in [-0.3, -0.25) is 9.10 Å². The van der Waals surface area contributed by atoms with Crippen molar-refractivity contribution in [3.8, 4) is 11.5 Å². The summed E-state index contributed by atoms with van der Waals surface area (Å²) in [6.07, 6.45) is 0. The summed E-state index contributed by atoms with van der Waals surface area (Å²) in [6.45, 7) is 3.68. The average molecular weight is 516 g/mol. The quantitative estimate of drug-likeness (QED) is 0.317. The smallest absolute Gasteiger partial charge is 0.264 e. The highest BCUT2D eigenvalue weighted by Crippen LogP contribution is 2.31. The van der Waals surface area contributed by atoms with E-state index in [-0.39, 0.29) is 15.6 Å². The van der Waals surface area contributed by atoms with Gasteiger partial charge in [0, 0.05) is 0 Å². The van der Waals surface area contributed by atoms with Gasteiger partial charge in [-0.2, -0.15) is 5.10 Å². The van der Waals surface area contributed by atoms with Crippen LogP contribution in [0.25, 0.3) is 0 Å². The van der Waals surface area contributed by atoms with Crippen LogP contribution in [0.4, 0.5) is 5.69 Å². The van der Waals surface area contributed by atoms with E-state index < -0.39 is 22.5 Å². The van der Waals surface area contributed by atoms with E-state index in [9.17, 15) is 13.2 Å². The van der Waals surface area contributed by atoms with Gasteiger partial charge in [0.05, 0.1) is 35.0 Å². The fourth-order valence-electron chi connectivity index (χ4n) is 3.18. The molecule has 3 aromatic carbocycles. The van der Waals surface area contributed by atoms with Gasteiger partial charge in [0.2, 0.25) is 0 Å². The lowest BCUT2D eigenvalue weighted by Gasteiger charge is -2.24. The SMILES string of the molecule is CCOc1ccc(/C(C)=N/NC(=O)CN(c2ccc(OC)c(Cl)c2)S(=O)(=O)c2ccccc2)cc1. The first kappa shape index (κ1) is 26.1. The summed E-state index contributed by atoms with van der Waals surface area (Å²) in [4.78, 5) is 12.8. The number of hydrazone groups is 1. The minimum absolute atomic E-state index is 0.0359. The number of hydrogen-bond acceptors (Lipinski definition) is 6. The number of nitrogens with zero attached hydrogens (tertiary/aromatic N) is 2. The van der Waals surface area contributed by atoms with Crippen LogP contribution in [0.15, 0.2) is 82.8 Å². The second-order valence-corrected chi connectivity index (χ2v) is 9.60. The number of hydrogen-bond donors (Lipinski definition) is 1. The number of anilines is 1. The molecule has 184 valence electrons. The molecule has 0 atom stereocenters. The van der Waals surface area contributed by atoms with Crippen molar-refractivity contribution in [3.63, 3.8) is 0 Å². The molecule has 0 unspecified atom stereocenters. The van der Waals surface area contributed by atoms with Gasteiger partial charge in [-0.25, -0.2) is 13.8 Å². The molecule has 0 fully saturated rings. The second-order valence-electron chi connectivity index (χ2n) is 7.33. The van der Waals surface area contributed by atoms with Gasteiger partial charge in [-0.05, 0) is 74.0 Å². The molecule has 0 heterocycles. The number of rotatable bonds is 10. The average Bonchev–Trinajstić information content (AvgIpc) is 2.87. The summed E-state index contributed by atoms with van der Waals surface area (Å²) in [5, 5.41) is 4.34. The molecule has 0 bridgehead atoms. The highest BCUT2D eigenvalue weighted by atomic mass is 35.5. The first-order valence-electron chi connectivity index (χ1n) is 10.7. The lowest BCUT2D eigenvalue weighted by molar-refractivity contribution is -0.119. The number of benzene rings is 3. The van der Waals surface area contributed by atoms with E-state index in [4.69, 9.17) is 21.1 Å². The molecule has 1 amide bonds. The first-order chi connectivity index (χ1) is 16.8. The van der Waals surface area contributed by atoms with Crippen LogP contribution in [0.3, 0.4) is 0 Å². The Balaban J connectivity index is 1.85. The summed E-state index contributed by atoms with van der Waals surface area (Å²) in [7, 11) is -2.62. The van der Waals surface area contributed by atoms with Crippen LogP contribution in [0.1, 0.15) is 19.4 Å². The molecule has 0 aliphatic heterocycles. The number of halogens is 1. The number of methoxy groups -OCH3 is 1. The fourth-order valence-corrected chi connectivity index (χ4v) is 4.87. The van der Waals surface area contributed by atoms with Crippen molar-refractivity contribution in [1.29, 1.82) is 0 Å². The van der Waals surface area contributed by atoms with Gasteiger partial charge < -0.3 is 9.47 Å². The molecule has 3 aromatic rings. The number of sulfonamides is 1. The highest BCUT2D eigenvalue weighted by Gasteiger charge is 2.27. The van der Waals surface area contributed by atoms with Crippen molar-refractivity contribution in [2.75, 3.05) is 24.6 Å². The van der Waals surface area contributed by atoms with Crippen LogP contribution < -0.4 is 19.2 Å². The minimum atomic E-state index is -4.08. The topological polar surface area (TPSA) is 97.3 Å². The zero-order chi connectivity index (χ0) is 25.4. The summed E-state index contributed by atoms with van der Waals surface area (Å²) in [5.41, 5.74) is 3.98. The van der Waals surface area contributed by atoms with Crippen molar-refractivity contribution < 1.29 is 22.7 Å². The fraction of sp³-hybridized carbons (Fsp3) is 0.200. The van der Waals surface area contributed by atoms with Crippen molar-refractivity contribution in [2.45, 2.75) is 18.7 Å². The molecule has 35 heavy (non-hydrogen) atoms. The van der Waals surface area contributed by atoms with Gasteiger partial charge >= 0.3 is 0 Å². The standard InChI is InChI=1S/C25H26ClN3O5S/c1-4-34-21-13-10-19(11-14-21)18(2)27-28-25(30)17-29(20-12-15-24(33-3)23(26)16-20)35(31,32)22-8-6-5-7-9-22/h5-16H,4,17H2,1-3H3,(H,28,30)/b27-18+. The molecule has 10 heteroatoms. The molecule has 0 aromatic heterocycles. The van der Waals surface area contributed by atoms with Crippen molar-refractivity contribution in [1.82, 2.24) is 5.43 Å². The van der Waals surface area contributed by atoms with E-state index in [1.807, 2.05) is 19.1 Å². The van der Waals surface area contributed by atoms with Crippen LogP contribution in [-0.4, -0.2) is 40.3 Å². The molecule has 8 nitrogen and oxygen atoms in total. The van der Waals surface area contributed by atoms with Gasteiger partial charge in [0.25, 0.3) is 15.9 Å². The van der Waals surface area contributed by atoms with Crippen LogP contribution in [0.5, 0.6) is 11.5 Å². The lowest BCUT2D eigenvalue weighted by atomic mass is 10.1. The zero-order valence-corrected chi connectivity index (χ0v) is 21.1. The van der Waals surface area contributed by atoms with Gasteiger partial charge in [0.1, 0.15) is 18.0 Å². The Bertz CT molecular complexity index is 1300. The maximum absolute atomic E-state index is 13.4. The van der Waals surface area contributed by atoms with E-state index in [2.05, 4.69) is 10.5 Å². The molecule has 0 aliphatic carbocycles. The Labute approximate surface area is 210 Å². The van der Waals surface area contributed by atoms with Crippen molar-refractivity contribution in [3.05, 3.63) is 83.4 Å². The molecule has 1 N–H and O–H groups in total. The second kappa shape index (κ2) is 11.7. The summed E-state index contributed by atoms with van der Waals surface area (Å²) >= 11 is 6.23. The Kier molecular flexibility index (Phi) is 8.73. The van der Waals surface area contributed by atoms with Crippen molar-refractivity contribution >= 4 is 38.9 Å². The van der Waals surface area contributed by atoms with Crippen LogP contribution in [-0.2, 0) is 14.8 Å². The number of amides is 1. The molecular formula is C25H26ClN3O5S. The normalized spacial score (nSPS) is 11.6. The third-order valence-electron chi connectivity index (χ3n) is 4.97. The number of nitrogens with one attached hydrogen (secondary N) is 1. The number of carbonyl (C=O) groups excluding carboxylic acids is 1. The Hall–Kier alpha value is -3.56. The van der Waals surface area contributed by atoms with E-state index in [1.165, 1.54) is 37.4 Å². The van der Waals surface area contributed by atoms with E-state index in [0.29, 0.717) is 18.1 Å². The molecule has 0 spiro atoms. The highest BCUT2D eigenvalue weighted by molar-refractivity contribution is 7.92. The molecular weight excluding hydrogens is 490 g/mol. The summed E-state index contributed by atoms with van der Waals surface area (Å²) in [5.74, 6) is 0.488. The number of carbonyl (C=O) groups is 1. The molecule has 3 rings (SSSR count). The van der Waals surface area contributed by atoms with E-state index in [0.717, 1.165) is 15.6 Å². The Morgan fingerprint density at radius 1 is 1.06 bits per heavy atom. The third-order valence-corrected chi connectivity index (χ3v) is 7.06. The first-order valence-corrected chi connectivity index (χ1v) is 12.6. The largest absolute Gasteiger partial charge is 0.495 e. The molecule has 0 saturated carbocycles. The van der Waals surface area contributed by atoms with Gasteiger partial charge in [0.15, 0.2) is 0 Å². The van der Waals surface area contributed by atoms with E-state index in [1.54, 1.807) is 37.3 Å². The van der Waals surface area contributed by atoms with Crippen LogP contribution >= 0.6 is 11.6 Å². The molecule has 0 radical (unpaired) electrons. The van der Waals surface area contributed by atoms with Crippen LogP contribution in [0, 0.1) is 0 Å². The monoisotopic (exact) mass is 515 g/mol. The van der Waals surface area contributed by atoms with E-state index >= 15 is 0 Å². The zero-order valence-electron chi connectivity index (χ0n) is 19.6. The lowest BCUT2D eigenvalue weighted by Crippen LogP contribution is -2.39. The Morgan fingerprint density at radius 2 is 1.74 bits per heavy atom. The minimum Gasteiger partial charge on any atom is -0.495 e. The third kappa shape index (κ3) is 6.52. The summed E-state index contributed by atoms with van der Waals surface area (Å²) in [6, 6.07) is 19.6.